The first-order chi connectivity index (χ1) is 15.3. The second-order valence-electron chi connectivity index (χ2n) is 6.53. The van der Waals surface area contributed by atoms with Gasteiger partial charge < -0.3 is 4.90 Å². The maximum Gasteiger partial charge on any atom is 0.237 e. The normalized spacial score (nSPS) is 10.5. The van der Waals surface area contributed by atoms with Gasteiger partial charge in [-0.2, -0.15) is 5.26 Å². The van der Waals surface area contributed by atoms with Crippen molar-refractivity contribution in [1.82, 2.24) is 14.8 Å². The minimum atomic E-state index is -0.0771. The summed E-state index contributed by atoms with van der Waals surface area (Å²) in [7, 11) is 0. The molecule has 154 valence electrons. The number of thiophene rings is 1. The van der Waals surface area contributed by atoms with Gasteiger partial charge in [-0.25, -0.2) is 0 Å². The number of nitriles is 1. The first-order valence-electron chi connectivity index (χ1n) is 9.68. The highest BCUT2D eigenvalue weighted by Crippen LogP contribution is 2.30. The van der Waals surface area contributed by atoms with E-state index in [2.05, 4.69) is 16.3 Å². The Morgan fingerprint density at radius 1 is 1.03 bits per heavy atom. The molecule has 8 heteroatoms. The fourth-order valence-electron chi connectivity index (χ4n) is 3.11. The highest BCUT2D eigenvalue weighted by atomic mass is 32.2. The SMILES string of the molecule is N#CCCN(C(=O)CSc1nnc(-c2cccs2)n1-c1ccccc1)c1ccccc1. The molecule has 0 saturated heterocycles. The van der Waals surface area contributed by atoms with E-state index in [0.29, 0.717) is 11.7 Å². The number of hydrogen-bond donors (Lipinski definition) is 0. The van der Waals surface area contributed by atoms with Crippen molar-refractivity contribution in [2.24, 2.45) is 0 Å². The molecule has 0 fully saturated rings. The molecule has 0 N–H and O–H groups in total. The van der Waals surface area contributed by atoms with Gasteiger partial charge in [-0.3, -0.25) is 9.36 Å². The fraction of sp³-hybridized carbons (Fsp3) is 0.130. The summed E-state index contributed by atoms with van der Waals surface area (Å²) in [4.78, 5) is 15.7. The third kappa shape index (κ3) is 4.85. The summed E-state index contributed by atoms with van der Waals surface area (Å²) in [5, 5.41) is 20.4. The lowest BCUT2D eigenvalue weighted by molar-refractivity contribution is -0.116. The van der Waals surface area contributed by atoms with Crippen LogP contribution in [0.2, 0.25) is 0 Å². The maximum atomic E-state index is 13.0. The zero-order valence-electron chi connectivity index (χ0n) is 16.6. The van der Waals surface area contributed by atoms with Crippen molar-refractivity contribution in [2.75, 3.05) is 17.2 Å². The summed E-state index contributed by atoms with van der Waals surface area (Å²) in [6.07, 6.45) is 0.272. The van der Waals surface area contributed by atoms with E-state index in [1.54, 1.807) is 16.2 Å². The number of anilines is 1. The van der Waals surface area contributed by atoms with Crippen LogP contribution in [0.1, 0.15) is 6.42 Å². The van der Waals surface area contributed by atoms with Crippen LogP contribution >= 0.6 is 23.1 Å². The predicted octanol–water partition coefficient (Wildman–Crippen LogP) is 5.03. The smallest absolute Gasteiger partial charge is 0.237 e. The number of para-hydroxylation sites is 2. The number of carbonyl (C=O) groups is 1. The van der Waals surface area contributed by atoms with Crippen molar-refractivity contribution in [3.63, 3.8) is 0 Å². The molecule has 2 aromatic heterocycles. The van der Waals surface area contributed by atoms with Gasteiger partial charge in [0.15, 0.2) is 11.0 Å². The minimum absolute atomic E-state index is 0.0771. The molecule has 0 bridgehead atoms. The molecule has 0 saturated carbocycles. The number of amides is 1. The van der Waals surface area contributed by atoms with Crippen molar-refractivity contribution >= 4 is 34.7 Å². The summed E-state index contributed by atoms with van der Waals surface area (Å²) in [6, 6.07) is 25.4. The van der Waals surface area contributed by atoms with E-state index in [1.807, 2.05) is 82.7 Å². The molecule has 2 aromatic carbocycles. The third-order valence-electron chi connectivity index (χ3n) is 4.53. The Hall–Kier alpha value is -3.41. The zero-order valence-corrected chi connectivity index (χ0v) is 18.2. The molecule has 0 unspecified atom stereocenters. The minimum Gasteiger partial charge on any atom is -0.311 e. The van der Waals surface area contributed by atoms with Gasteiger partial charge in [0.05, 0.1) is 23.1 Å². The average Bonchev–Trinajstić information content (AvgIpc) is 3.49. The highest BCUT2D eigenvalue weighted by molar-refractivity contribution is 7.99. The van der Waals surface area contributed by atoms with E-state index in [-0.39, 0.29) is 18.1 Å². The lowest BCUT2D eigenvalue weighted by Gasteiger charge is -2.21. The van der Waals surface area contributed by atoms with Gasteiger partial charge in [-0.15, -0.1) is 21.5 Å². The Labute approximate surface area is 188 Å². The monoisotopic (exact) mass is 445 g/mol. The highest BCUT2D eigenvalue weighted by Gasteiger charge is 2.20. The number of hydrogen-bond acceptors (Lipinski definition) is 6. The molecule has 0 aliphatic heterocycles. The molecule has 0 aliphatic rings. The Balaban J connectivity index is 1.59. The van der Waals surface area contributed by atoms with E-state index in [9.17, 15) is 4.79 Å². The molecule has 6 nitrogen and oxygen atoms in total. The summed E-state index contributed by atoms with van der Waals surface area (Å²) in [5.74, 6) is 0.864. The van der Waals surface area contributed by atoms with Crippen molar-refractivity contribution in [1.29, 1.82) is 5.26 Å². The van der Waals surface area contributed by atoms with E-state index >= 15 is 0 Å². The summed E-state index contributed by atoms with van der Waals surface area (Å²) >= 11 is 2.94. The van der Waals surface area contributed by atoms with Crippen LogP contribution in [0, 0.1) is 11.3 Å². The van der Waals surface area contributed by atoms with Crippen molar-refractivity contribution in [3.8, 4) is 22.5 Å². The van der Waals surface area contributed by atoms with Gasteiger partial charge >= 0.3 is 0 Å². The topological polar surface area (TPSA) is 74.8 Å². The predicted molar refractivity (Wildman–Crippen MR) is 124 cm³/mol. The molecule has 0 aliphatic carbocycles. The van der Waals surface area contributed by atoms with Gasteiger partial charge in [-0.1, -0.05) is 54.2 Å². The molecule has 4 aromatic rings. The second kappa shape index (κ2) is 10.1. The Bertz CT molecular complexity index is 1170. The van der Waals surface area contributed by atoms with E-state index in [4.69, 9.17) is 5.26 Å². The number of carbonyl (C=O) groups excluding carboxylic acids is 1. The van der Waals surface area contributed by atoms with Crippen molar-refractivity contribution in [2.45, 2.75) is 11.6 Å². The van der Waals surface area contributed by atoms with Crippen LogP contribution in [0.15, 0.2) is 83.3 Å². The summed E-state index contributed by atoms with van der Waals surface area (Å²) in [6.45, 7) is 0.353. The molecule has 0 radical (unpaired) electrons. The lowest BCUT2D eigenvalue weighted by atomic mass is 10.2. The zero-order chi connectivity index (χ0) is 21.5. The molecule has 4 rings (SSSR count). The Morgan fingerprint density at radius 3 is 2.45 bits per heavy atom. The van der Waals surface area contributed by atoms with Crippen molar-refractivity contribution in [3.05, 3.63) is 78.2 Å². The molecule has 1 amide bonds. The quantitative estimate of drug-likeness (QED) is 0.355. The van der Waals surface area contributed by atoms with Gasteiger partial charge in [0.2, 0.25) is 5.91 Å². The van der Waals surface area contributed by atoms with Gasteiger partial charge in [-0.05, 0) is 35.7 Å². The molecule has 0 atom stereocenters. The third-order valence-corrected chi connectivity index (χ3v) is 6.31. The fourth-order valence-corrected chi connectivity index (χ4v) is 4.64. The molecule has 2 heterocycles. The average molecular weight is 446 g/mol. The number of benzene rings is 2. The number of thioether (sulfide) groups is 1. The van der Waals surface area contributed by atoms with Gasteiger partial charge in [0, 0.05) is 17.9 Å². The maximum absolute atomic E-state index is 13.0. The number of rotatable bonds is 8. The van der Waals surface area contributed by atoms with Crippen LogP contribution < -0.4 is 4.90 Å². The van der Waals surface area contributed by atoms with E-state index in [1.165, 1.54) is 11.8 Å². The van der Waals surface area contributed by atoms with E-state index < -0.39 is 0 Å². The molecule has 31 heavy (non-hydrogen) atoms. The summed E-state index contributed by atoms with van der Waals surface area (Å²) < 4.78 is 1.98. The Kier molecular flexibility index (Phi) is 6.77. The number of aromatic nitrogens is 3. The van der Waals surface area contributed by atoms with E-state index in [0.717, 1.165) is 22.1 Å². The van der Waals surface area contributed by atoms with Crippen LogP contribution in [-0.4, -0.2) is 33.0 Å². The standard InChI is InChI=1S/C23H19N5OS2/c24-14-8-15-27(18-9-3-1-4-10-18)21(29)17-31-23-26-25-22(20-13-7-16-30-20)28(23)19-11-5-2-6-12-19/h1-7,9-13,16H,8,15,17H2. The van der Waals surface area contributed by atoms with Crippen LogP contribution in [-0.2, 0) is 4.79 Å². The molecule has 0 spiro atoms. The molecular formula is C23H19N5OS2. The lowest BCUT2D eigenvalue weighted by Crippen LogP contribution is -2.33. The van der Waals surface area contributed by atoms with Gasteiger partial charge in [0.1, 0.15) is 0 Å². The largest absolute Gasteiger partial charge is 0.311 e. The van der Waals surface area contributed by atoms with Gasteiger partial charge in [0.25, 0.3) is 0 Å². The number of nitrogens with zero attached hydrogens (tertiary/aromatic N) is 5. The van der Waals surface area contributed by atoms with Crippen LogP contribution in [0.25, 0.3) is 16.4 Å². The Morgan fingerprint density at radius 2 is 1.77 bits per heavy atom. The molecular weight excluding hydrogens is 426 g/mol. The van der Waals surface area contributed by atoms with Crippen LogP contribution in [0.3, 0.4) is 0 Å². The first-order valence-corrected chi connectivity index (χ1v) is 11.5. The van der Waals surface area contributed by atoms with Crippen LogP contribution in [0.4, 0.5) is 5.69 Å². The van der Waals surface area contributed by atoms with Crippen molar-refractivity contribution < 1.29 is 4.79 Å². The van der Waals surface area contributed by atoms with Crippen LogP contribution in [0.5, 0.6) is 0 Å². The second-order valence-corrected chi connectivity index (χ2v) is 8.42. The summed E-state index contributed by atoms with van der Waals surface area (Å²) in [5.41, 5.74) is 1.72. The first kappa shape index (κ1) is 20.8.